The average molecular weight is 456 g/mol. The molecule has 0 bridgehead atoms. The van der Waals surface area contributed by atoms with E-state index in [2.05, 4.69) is 16.0 Å². The van der Waals surface area contributed by atoms with Gasteiger partial charge in [-0.05, 0) is 59.3 Å². The third-order valence-electron chi connectivity index (χ3n) is 6.40. The number of ether oxygens (including phenoxy) is 1. The minimum absolute atomic E-state index is 0.312. The first-order chi connectivity index (χ1) is 14.7. The highest BCUT2D eigenvalue weighted by Crippen LogP contribution is 2.26. The van der Waals surface area contributed by atoms with Gasteiger partial charge in [0.15, 0.2) is 0 Å². The molecular weight excluding hydrogens is 410 g/mol. The molecule has 0 saturated heterocycles. The van der Waals surface area contributed by atoms with E-state index < -0.39 is 40.0 Å². The molecule has 0 fully saturated rings. The van der Waals surface area contributed by atoms with Crippen molar-refractivity contribution in [3.05, 3.63) is 0 Å². The molecule has 3 amide bonds. The normalized spacial score (nSPS) is 12.7. The average Bonchev–Trinajstić information content (AvgIpc) is 2.72. The highest BCUT2D eigenvalue weighted by Gasteiger charge is 2.47. The molecule has 0 aliphatic rings. The Bertz CT molecular complexity index is 670. The third kappa shape index (κ3) is 6.94. The van der Waals surface area contributed by atoms with Gasteiger partial charge in [-0.25, -0.2) is 4.79 Å². The van der Waals surface area contributed by atoms with Crippen LogP contribution in [0.1, 0.15) is 108 Å². The van der Waals surface area contributed by atoms with Crippen molar-refractivity contribution in [3.63, 3.8) is 0 Å². The first-order valence-corrected chi connectivity index (χ1v) is 11.8. The van der Waals surface area contributed by atoms with Gasteiger partial charge in [0.25, 0.3) is 0 Å². The van der Waals surface area contributed by atoms with Crippen molar-refractivity contribution in [2.75, 3.05) is 0 Å². The van der Waals surface area contributed by atoms with E-state index in [0.29, 0.717) is 38.5 Å². The van der Waals surface area contributed by atoms with Crippen LogP contribution in [-0.2, 0) is 23.9 Å². The smallest absolute Gasteiger partial charge is 0.332 e. The van der Waals surface area contributed by atoms with Crippen molar-refractivity contribution in [3.8, 4) is 0 Å². The molecule has 0 rings (SSSR count). The van der Waals surface area contributed by atoms with Gasteiger partial charge in [0, 0.05) is 6.92 Å². The number of nitrogens with one attached hydrogen (secondary N) is 3. The van der Waals surface area contributed by atoms with Crippen molar-refractivity contribution in [1.82, 2.24) is 16.0 Å². The summed E-state index contributed by atoms with van der Waals surface area (Å²) in [6, 6.07) is 0. The molecule has 32 heavy (non-hydrogen) atoms. The summed E-state index contributed by atoms with van der Waals surface area (Å²) < 4.78 is 5.59. The predicted octanol–water partition coefficient (Wildman–Crippen LogP) is 3.37. The molecule has 0 saturated carbocycles. The number of hydrogen-bond donors (Lipinski definition) is 3. The Morgan fingerprint density at radius 1 is 0.594 bits per heavy atom. The molecule has 0 radical (unpaired) electrons. The molecule has 3 N–H and O–H groups in total. The molecule has 0 heterocycles. The van der Waals surface area contributed by atoms with Crippen LogP contribution in [0.3, 0.4) is 0 Å². The van der Waals surface area contributed by atoms with Crippen molar-refractivity contribution in [2.45, 2.75) is 130 Å². The van der Waals surface area contributed by atoms with Gasteiger partial charge < -0.3 is 20.7 Å². The zero-order valence-corrected chi connectivity index (χ0v) is 21.8. The van der Waals surface area contributed by atoms with Gasteiger partial charge in [0.2, 0.25) is 17.7 Å². The summed E-state index contributed by atoms with van der Waals surface area (Å²) >= 11 is 0. The predicted molar refractivity (Wildman–Crippen MR) is 126 cm³/mol. The lowest BCUT2D eigenvalue weighted by atomic mass is 9.84. The van der Waals surface area contributed by atoms with Crippen molar-refractivity contribution < 1.29 is 23.9 Å². The van der Waals surface area contributed by atoms with Crippen LogP contribution in [0.25, 0.3) is 0 Å². The van der Waals surface area contributed by atoms with E-state index in [4.69, 9.17) is 4.74 Å². The lowest BCUT2D eigenvalue weighted by Gasteiger charge is -2.41. The van der Waals surface area contributed by atoms with Crippen LogP contribution in [-0.4, -0.2) is 45.9 Å². The fourth-order valence-electron chi connectivity index (χ4n) is 3.76. The first kappa shape index (κ1) is 29.9. The van der Waals surface area contributed by atoms with Crippen LogP contribution in [0.15, 0.2) is 0 Å². The number of rotatable bonds is 12. The van der Waals surface area contributed by atoms with E-state index in [1.807, 2.05) is 41.5 Å². The third-order valence-corrected chi connectivity index (χ3v) is 6.40. The first-order valence-electron chi connectivity index (χ1n) is 11.8. The molecule has 0 aliphatic heterocycles. The van der Waals surface area contributed by atoms with Gasteiger partial charge in [0.1, 0.15) is 22.2 Å². The van der Waals surface area contributed by atoms with Crippen LogP contribution in [0.2, 0.25) is 0 Å². The Morgan fingerprint density at radius 3 is 1.19 bits per heavy atom. The maximum atomic E-state index is 13.6. The molecule has 186 valence electrons. The van der Waals surface area contributed by atoms with Crippen molar-refractivity contribution in [1.29, 1.82) is 0 Å². The number of hydrogen-bond acceptors (Lipinski definition) is 5. The van der Waals surface area contributed by atoms with E-state index in [9.17, 15) is 19.2 Å². The monoisotopic (exact) mass is 455 g/mol. The molecule has 0 aromatic carbocycles. The number of carbonyl (C=O) groups is 4. The lowest BCUT2D eigenvalue weighted by molar-refractivity contribution is -0.166. The minimum atomic E-state index is -1.23. The quantitative estimate of drug-likeness (QED) is 0.391. The summed E-state index contributed by atoms with van der Waals surface area (Å²) in [6.45, 7) is 17.6. The Morgan fingerprint density at radius 2 is 0.906 bits per heavy atom. The topological polar surface area (TPSA) is 114 Å². The van der Waals surface area contributed by atoms with Crippen LogP contribution >= 0.6 is 0 Å². The van der Waals surface area contributed by atoms with Gasteiger partial charge >= 0.3 is 5.97 Å². The summed E-state index contributed by atoms with van der Waals surface area (Å²) in [5.74, 6) is -1.65. The Labute approximate surface area is 194 Å². The lowest BCUT2D eigenvalue weighted by Crippen LogP contribution is -2.68. The summed E-state index contributed by atoms with van der Waals surface area (Å²) in [4.78, 5) is 51.7. The van der Waals surface area contributed by atoms with E-state index in [1.165, 1.54) is 6.92 Å². The molecule has 0 aromatic heterocycles. The zero-order valence-electron chi connectivity index (χ0n) is 21.8. The standard InChI is InChI=1S/C24H45N3O5/c1-11-22(12-2,25-17(7)28)18(29)26-23(13-3,14-4)19(30)27-24(15-5,16-6)20(31)32-21(8,9)10/h11-16H2,1-10H3,(H,25,28)(H,26,29)(H,27,30). The van der Waals surface area contributed by atoms with E-state index in [-0.39, 0.29) is 5.91 Å². The van der Waals surface area contributed by atoms with Crippen molar-refractivity contribution >= 4 is 23.7 Å². The van der Waals surface area contributed by atoms with Gasteiger partial charge in [-0.1, -0.05) is 41.5 Å². The number of carbonyl (C=O) groups excluding carboxylic acids is 4. The van der Waals surface area contributed by atoms with Gasteiger partial charge in [-0.3, -0.25) is 14.4 Å². The molecule has 0 atom stereocenters. The summed E-state index contributed by atoms with van der Waals surface area (Å²) in [6.07, 6.45) is 2.10. The van der Waals surface area contributed by atoms with Crippen LogP contribution in [0.4, 0.5) is 0 Å². The van der Waals surface area contributed by atoms with E-state index in [0.717, 1.165) is 0 Å². The summed E-state index contributed by atoms with van der Waals surface area (Å²) in [7, 11) is 0. The molecule has 0 aliphatic carbocycles. The fourth-order valence-corrected chi connectivity index (χ4v) is 3.76. The van der Waals surface area contributed by atoms with Gasteiger partial charge in [-0.15, -0.1) is 0 Å². The molecule has 0 unspecified atom stereocenters. The van der Waals surface area contributed by atoms with E-state index in [1.54, 1.807) is 20.8 Å². The molecule has 0 spiro atoms. The molecule has 8 heteroatoms. The second kappa shape index (κ2) is 11.7. The Hall–Kier alpha value is -2.12. The van der Waals surface area contributed by atoms with Crippen LogP contribution in [0.5, 0.6) is 0 Å². The Balaban J connectivity index is 6.07. The number of esters is 1. The second-order valence-electron chi connectivity index (χ2n) is 9.46. The SMILES string of the molecule is CCC(CC)(NC(C)=O)C(=O)NC(CC)(CC)C(=O)NC(CC)(CC)C(=O)OC(C)(C)C. The fraction of sp³-hybridized carbons (Fsp3) is 0.833. The molecule has 0 aromatic rings. The van der Waals surface area contributed by atoms with Crippen molar-refractivity contribution in [2.24, 2.45) is 0 Å². The maximum Gasteiger partial charge on any atom is 0.332 e. The van der Waals surface area contributed by atoms with Crippen LogP contribution in [0, 0.1) is 0 Å². The summed E-state index contributed by atoms with van der Waals surface area (Å²) in [5.41, 5.74) is -4.24. The Kier molecular flexibility index (Phi) is 10.9. The summed E-state index contributed by atoms with van der Waals surface area (Å²) in [5, 5.41) is 8.59. The van der Waals surface area contributed by atoms with Gasteiger partial charge in [-0.2, -0.15) is 0 Å². The largest absolute Gasteiger partial charge is 0.458 e. The highest BCUT2D eigenvalue weighted by molar-refractivity contribution is 5.98. The number of amides is 3. The van der Waals surface area contributed by atoms with E-state index >= 15 is 0 Å². The van der Waals surface area contributed by atoms with Gasteiger partial charge in [0.05, 0.1) is 0 Å². The molecular formula is C24H45N3O5. The zero-order chi connectivity index (χ0) is 25.4. The molecule has 8 nitrogen and oxygen atoms in total. The highest BCUT2D eigenvalue weighted by atomic mass is 16.6. The van der Waals surface area contributed by atoms with Crippen LogP contribution < -0.4 is 16.0 Å². The maximum absolute atomic E-state index is 13.6. The second-order valence-corrected chi connectivity index (χ2v) is 9.46. The minimum Gasteiger partial charge on any atom is -0.458 e.